The predicted molar refractivity (Wildman–Crippen MR) is 136 cm³/mol. The number of hydrogen-bond acceptors (Lipinski definition) is 10. The Morgan fingerprint density at radius 2 is 1.69 bits per heavy atom. The normalized spacial score (nSPS) is 44.6. The van der Waals surface area contributed by atoms with E-state index in [1.165, 1.54) is 6.92 Å². The molecule has 0 aromatic heterocycles. The molecule has 2 saturated carbocycles. The van der Waals surface area contributed by atoms with Gasteiger partial charge in [0.1, 0.15) is 23.9 Å². The van der Waals surface area contributed by atoms with Crippen molar-refractivity contribution < 1.29 is 49.3 Å². The molecule has 1 saturated heterocycles. The highest BCUT2D eigenvalue weighted by Gasteiger charge is 2.77. The maximum absolute atomic E-state index is 13.6. The summed E-state index contributed by atoms with van der Waals surface area (Å²) in [7, 11) is 0. The third-order valence-electron chi connectivity index (χ3n) is 10.2. The van der Waals surface area contributed by atoms with Crippen molar-refractivity contribution in [3.63, 3.8) is 0 Å². The van der Waals surface area contributed by atoms with Crippen molar-refractivity contribution in [3.8, 4) is 0 Å². The number of esters is 2. The Balaban J connectivity index is 1.80. The van der Waals surface area contributed by atoms with E-state index in [4.69, 9.17) is 14.2 Å². The van der Waals surface area contributed by atoms with Crippen molar-refractivity contribution in [3.05, 3.63) is 47.0 Å². The van der Waals surface area contributed by atoms with Crippen LogP contribution in [-0.4, -0.2) is 91.9 Å². The number of ether oxygens (including phenoxy) is 3. The van der Waals surface area contributed by atoms with Crippen LogP contribution in [0.15, 0.2) is 41.5 Å². The SMILES string of the molecule is CC(=O)O[C@@]12CO[C@@H]1CC(O)[C@@]1(C)[C@H](O)[C@H](O)C3=C(C)[C@@H](O)C[C@@](O)([C@@H](OC(=O)c4ccccc4)[C@H]21)C3(C)C. The van der Waals surface area contributed by atoms with Crippen molar-refractivity contribution in [1.29, 1.82) is 0 Å². The maximum atomic E-state index is 13.6. The fourth-order valence-electron chi connectivity index (χ4n) is 7.88. The summed E-state index contributed by atoms with van der Waals surface area (Å²) in [6.07, 6.45) is -8.38. The van der Waals surface area contributed by atoms with Gasteiger partial charge in [0.2, 0.25) is 0 Å². The van der Waals surface area contributed by atoms with E-state index in [2.05, 4.69) is 0 Å². The molecule has 5 N–H and O–H groups in total. The fraction of sp³-hybridized carbons (Fsp3) is 0.655. The number of benzene rings is 1. The molecule has 1 aliphatic heterocycles. The summed E-state index contributed by atoms with van der Waals surface area (Å²) >= 11 is 0. The largest absolute Gasteiger partial charge is 0.455 e. The third-order valence-corrected chi connectivity index (χ3v) is 10.2. The number of carbonyl (C=O) groups excluding carboxylic acids is 2. The lowest BCUT2D eigenvalue weighted by atomic mass is 9.44. The van der Waals surface area contributed by atoms with Crippen LogP contribution in [0.2, 0.25) is 0 Å². The smallest absolute Gasteiger partial charge is 0.338 e. The molecule has 0 spiro atoms. The minimum Gasteiger partial charge on any atom is -0.455 e. The molecule has 3 fully saturated rings. The monoisotopic (exact) mass is 546 g/mol. The molecule has 0 radical (unpaired) electrons. The second-order valence-corrected chi connectivity index (χ2v) is 12.4. The third kappa shape index (κ3) is 3.69. The van der Waals surface area contributed by atoms with Crippen LogP contribution in [0.1, 0.15) is 57.8 Å². The molecule has 3 aliphatic carbocycles. The van der Waals surface area contributed by atoms with E-state index in [0.717, 1.165) is 0 Å². The molecule has 1 aromatic carbocycles. The van der Waals surface area contributed by atoms with Gasteiger partial charge in [-0.05, 0) is 30.2 Å². The molecule has 5 rings (SSSR count). The molecule has 214 valence electrons. The van der Waals surface area contributed by atoms with E-state index < -0.39 is 76.5 Å². The summed E-state index contributed by atoms with van der Waals surface area (Å²) in [5, 5.41) is 58.8. The van der Waals surface area contributed by atoms with Gasteiger partial charge in [0.15, 0.2) is 5.60 Å². The molecular formula is C29H38O10. The highest BCUT2D eigenvalue weighted by molar-refractivity contribution is 5.89. The van der Waals surface area contributed by atoms with Crippen LogP contribution in [0.25, 0.3) is 0 Å². The summed E-state index contributed by atoms with van der Waals surface area (Å²) < 4.78 is 17.8. The van der Waals surface area contributed by atoms with E-state index in [9.17, 15) is 35.1 Å². The first kappa shape index (κ1) is 28.2. The second kappa shape index (κ2) is 9.09. The van der Waals surface area contributed by atoms with Crippen molar-refractivity contribution in [2.45, 2.75) is 95.3 Å². The molecular weight excluding hydrogens is 508 g/mol. The molecule has 1 heterocycles. The van der Waals surface area contributed by atoms with Crippen LogP contribution in [0.4, 0.5) is 0 Å². The van der Waals surface area contributed by atoms with Crippen molar-refractivity contribution in [1.82, 2.24) is 0 Å². The summed E-state index contributed by atoms with van der Waals surface area (Å²) in [4.78, 5) is 26.0. The van der Waals surface area contributed by atoms with Crippen molar-refractivity contribution in [2.75, 3.05) is 6.61 Å². The summed E-state index contributed by atoms with van der Waals surface area (Å²) in [6, 6.07) is 8.16. The number of aliphatic hydroxyl groups is 5. The summed E-state index contributed by atoms with van der Waals surface area (Å²) in [5.74, 6) is -2.66. The van der Waals surface area contributed by atoms with E-state index in [0.29, 0.717) is 5.57 Å². The Morgan fingerprint density at radius 1 is 1.05 bits per heavy atom. The standard InChI is InChI=1S/C29H38O10/c1-14-17(31)12-29(36)24(38-25(35)16-9-7-6-8-10-16)22-27(5,23(34)21(33)20(14)26(29,3)4)18(32)11-19-28(22,13-37-19)39-15(2)30/h6-10,17-19,21-24,31-34,36H,11-13H2,1-5H3/t17-,18?,19+,21+,22-,23+,24-,27+,28-,29+/m0/s1. The first-order valence-corrected chi connectivity index (χ1v) is 13.4. The van der Waals surface area contributed by atoms with Gasteiger partial charge in [-0.1, -0.05) is 39.0 Å². The van der Waals surface area contributed by atoms with Crippen LogP contribution in [0.5, 0.6) is 0 Å². The van der Waals surface area contributed by atoms with Gasteiger partial charge in [0.25, 0.3) is 0 Å². The zero-order chi connectivity index (χ0) is 28.7. The van der Waals surface area contributed by atoms with Crippen LogP contribution in [0, 0.1) is 16.7 Å². The Morgan fingerprint density at radius 3 is 2.26 bits per heavy atom. The first-order chi connectivity index (χ1) is 18.1. The van der Waals surface area contributed by atoms with E-state index in [1.807, 2.05) is 0 Å². The van der Waals surface area contributed by atoms with Gasteiger partial charge in [-0.25, -0.2) is 4.79 Å². The maximum Gasteiger partial charge on any atom is 0.338 e. The molecule has 2 bridgehead atoms. The first-order valence-electron chi connectivity index (χ1n) is 13.4. The Hall–Kier alpha value is -2.34. The molecule has 0 amide bonds. The highest BCUT2D eigenvalue weighted by Crippen LogP contribution is 2.64. The number of fused-ring (bicyclic) bond motifs is 5. The summed E-state index contributed by atoms with van der Waals surface area (Å²) in [5.41, 5.74) is -5.70. The molecule has 4 aliphatic rings. The quantitative estimate of drug-likeness (QED) is 0.272. The van der Waals surface area contributed by atoms with Gasteiger partial charge in [-0.15, -0.1) is 0 Å². The number of rotatable bonds is 3. The molecule has 10 nitrogen and oxygen atoms in total. The minimum absolute atomic E-state index is 0.0219. The minimum atomic E-state index is -2.02. The Bertz CT molecular complexity index is 1200. The topological polar surface area (TPSA) is 163 Å². The average Bonchev–Trinajstić information content (AvgIpc) is 2.87. The molecule has 10 heteroatoms. The fourth-order valence-corrected chi connectivity index (χ4v) is 7.88. The lowest BCUT2D eigenvalue weighted by Gasteiger charge is -2.69. The number of carbonyl (C=O) groups is 2. The molecule has 39 heavy (non-hydrogen) atoms. The number of aliphatic hydroxyl groups excluding tert-OH is 4. The van der Waals surface area contributed by atoms with Crippen LogP contribution >= 0.6 is 0 Å². The van der Waals surface area contributed by atoms with E-state index in [1.54, 1.807) is 58.0 Å². The predicted octanol–water partition coefficient (Wildman–Crippen LogP) is 0.874. The van der Waals surface area contributed by atoms with E-state index in [-0.39, 0.29) is 30.6 Å². The van der Waals surface area contributed by atoms with Crippen molar-refractivity contribution in [2.24, 2.45) is 16.7 Å². The molecule has 10 atom stereocenters. The lowest BCUT2D eigenvalue weighted by Crippen LogP contribution is -2.82. The molecule has 1 aromatic rings. The van der Waals surface area contributed by atoms with Crippen molar-refractivity contribution >= 4 is 11.9 Å². The van der Waals surface area contributed by atoms with Gasteiger partial charge in [-0.2, -0.15) is 0 Å². The Kier molecular flexibility index (Phi) is 6.57. The zero-order valence-corrected chi connectivity index (χ0v) is 22.8. The van der Waals surface area contributed by atoms with Gasteiger partial charge in [-0.3, -0.25) is 4.79 Å². The summed E-state index contributed by atoms with van der Waals surface area (Å²) in [6.45, 7) is 7.57. The Labute approximate surface area is 227 Å². The lowest BCUT2D eigenvalue weighted by molar-refractivity contribution is -0.365. The average molecular weight is 547 g/mol. The van der Waals surface area contributed by atoms with Crippen LogP contribution in [-0.2, 0) is 19.0 Å². The zero-order valence-electron chi connectivity index (χ0n) is 22.8. The second-order valence-electron chi connectivity index (χ2n) is 12.4. The number of hydrogen-bond donors (Lipinski definition) is 5. The highest BCUT2D eigenvalue weighted by atomic mass is 16.6. The van der Waals surface area contributed by atoms with Crippen LogP contribution < -0.4 is 0 Å². The van der Waals surface area contributed by atoms with Gasteiger partial charge >= 0.3 is 11.9 Å². The van der Waals surface area contributed by atoms with Gasteiger partial charge < -0.3 is 39.7 Å². The van der Waals surface area contributed by atoms with Gasteiger partial charge in [0.05, 0.1) is 36.4 Å². The van der Waals surface area contributed by atoms with E-state index >= 15 is 0 Å². The molecule has 1 unspecified atom stereocenters. The van der Waals surface area contributed by atoms with Crippen LogP contribution in [0.3, 0.4) is 0 Å². The van der Waals surface area contributed by atoms with Gasteiger partial charge in [0, 0.05) is 30.6 Å².